The Morgan fingerprint density at radius 3 is 2.70 bits per heavy atom. The standard InChI is InChI=1S/C17H21N5O5/c1-4-6-7-22-14-13(15(23)19-17(22)25)21(5-2)12(18-14)9-26-16(24)11-8-10(3)20-27-11/h8H,4-7,9H2,1-3H3,(H,19,23,25). The molecule has 3 rings (SSSR count). The number of carbonyl (C=O) groups is 1. The van der Waals surface area contributed by atoms with Crippen LogP contribution in [-0.4, -0.2) is 30.2 Å². The summed E-state index contributed by atoms with van der Waals surface area (Å²) in [5, 5.41) is 3.64. The van der Waals surface area contributed by atoms with E-state index in [2.05, 4.69) is 15.1 Å². The number of hydrogen-bond donors (Lipinski definition) is 1. The zero-order chi connectivity index (χ0) is 19.6. The molecule has 144 valence electrons. The van der Waals surface area contributed by atoms with Gasteiger partial charge >= 0.3 is 11.7 Å². The van der Waals surface area contributed by atoms with Crippen LogP contribution in [-0.2, 0) is 24.4 Å². The second-order valence-corrected chi connectivity index (χ2v) is 6.12. The van der Waals surface area contributed by atoms with Crippen molar-refractivity contribution in [3.8, 4) is 0 Å². The average molecular weight is 375 g/mol. The van der Waals surface area contributed by atoms with Crippen LogP contribution in [0.4, 0.5) is 0 Å². The van der Waals surface area contributed by atoms with Gasteiger partial charge in [-0.2, -0.15) is 0 Å². The zero-order valence-corrected chi connectivity index (χ0v) is 15.4. The number of H-pyrrole nitrogens is 1. The topological polar surface area (TPSA) is 125 Å². The Morgan fingerprint density at radius 1 is 1.30 bits per heavy atom. The van der Waals surface area contributed by atoms with Crippen LogP contribution in [0.3, 0.4) is 0 Å². The van der Waals surface area contributed by atoms with Gasteiger partial charge < -0.3 is 13.8 Å². The molecular formula is C17H21N5O5. The number of nitrogens with zero attached hydrogens (tertiary/aromatic N) is 4. The summed E-state index contributed by atoms with van der Waals surface area (Å²) in [6.07, 6.45) is 1.66. The third-order valence-electron chi connectivity index (χ3n) is 4.18. The molecule has 3 aromatic rings. The molecule has 27 heavy (non-hydrogen) atoms. The quantitative estimate of drug-likeness (QED) is 0.618. The van der Waals surface area contributed by atoms with Crippen molar-refractivity contribution in [1.29, 1.82) is 0 Å². The summed E-state index contributed by atoms with van der Waals surface area (Å²) in [5.74, 6) is -0.314. The van der Waals surface area contributed by atoms with Crippen molar-refractivity contribution in [2.24, 2.45) is 0 Å². The maximum atomic E-state index is 12.3. The van der Waals surface area contributed by atoms with E-state index in [4.69, 9.17) is 9.26 Å². The largest absolute Gasteiger partial charge is 0.452 e. The van der Waals surface area contributed by atoms with Crippen molar-refractivity contribution in [2.75, 3.05) is 0 Å². The smallest absolute Gasteiger partial charge is 0.377 e. The van der Waals surface area contributed by atoms with Crippen molar-refractivity contribution < 1.29 is 14.1 Å². The van der Waals surface area contributed by atoms with Gasteiger partial charge in [-0.05, 0) is 20.3 Å². The average Bonchev–Trinajstić information content (AvgIpc) is 3.23. The number of aromatic nitrogens is 5. The second-order valence-electron chi connectivity index (χ2n) is 6.12. The predicted molar refractivity (Wildman–Crippen MR) is 95.6 cm³/mol. The molecule has 0 aliphatic heterocycles. The summed E-state index contributed by atoms with van der Waals surface area (Å²) >= 11 is 0. The highest BCUT2D eigenvalue weighted by Gasteiger charge is 2.20. The van der Waals surface area contributed by atoms with E-state index >= 15 is 0 Å². The Balaban J connectivity index is 1.98. The Kier molecular flexibility index (Phi) is 5.24. The second kappa shape index (κ2) is 7.60. The van der Waals surface area contributed by atoms with Gasteiger partial charge in [-0.3, -0.25) is 14.3 Å². The molecule has 3 aromatic heterocycles. The highest BCUT2D eigenvalue weighted by atomic mass is 16.6. The minimum absolute atomic E-state index is 0.00985. The maximum absolute atomic E-state index is 12.3. The summed E-state index contributed by atoms with van der Waals surface area (Å²) in [6.45, 7) is 6.25. The number of nitrogens with one attached hydrogen (secondary N) is 1. The van der Waals surface area contributed by atoms with E-state index in [1.807, 2.05) is 13.8 Å². The van der Waals surface area contributed by atoms with Gasteiger partial charge in [0, 0.05) is 19.2 Å². The lowest BCUT2D eigenvalue weighted by atomic mass is 10.3. The van der Waals surface area contributed by atoms with Crippen molar-refractivity contribution >= 4 is 17.1 Å². The van der Waals surface area contributed by atoms with Gasteiger partial charge in [0.05, 0.1) is 5.69 Å². The molecular weight excluding hydrogens is 354 g/mol. The van der Waals surface area contributed by atoms with Crippen LogP contribution in [0, 0.1) is 6.92 Å². The number of aryl methyl sites for hydroxylation is 3. The number of fused-ring (bicyclic) bond motifs is 1. The number of ether oxygens (including phenoxy) is 1. The molecule has 0 bridgehead atoms. The van der Waals surface area contributed by atoms with E-state index in [1.165, 1.54) is 10.6 Å². The van der Waals surface area contributed by atoms with Crippen molar-refractivity contribution in [3.05, 3.63) is 44.2 Å². The van der Waals surface area contributed by atoms with E-state index in [-0.39, 0.29) is 17.9 Å². The molecule has 0 spiro atoms. The summed E-state index contributed by atoms with van der Waals surface area (Å²) < 4.78 is 13.2. The first kappa shape index (κ1) is 18.6. The van der Waals surface area contributed by atoms with Crippen LogP contribution in [0.15, 0.2) is 20.2 Å². The SMILES string of the molecule is CCCCn1c(=O)[nH]c(=O)c2c1nc(COC(=O)c1cc(C)no1)n2CC. The van der Waals surface area contributed by atoms with E-state index in [9.17, 15) is 14.4 Å². The van der Waals surface area contributed by atoms with Gasteiger partial charge in [0.25, 0.3) is 5.56 Å². The van der Waals surface area contributed by atoms with Crippen molar-refractivity contribution in [2.45, 2.75) is 53.3 Å². The molecule has 0 radical (unpaired) electrons. The number of carbonyl (C=O) groups excluding carboxylic acids is 1. The van der Waals surface area contributed by atoms with Gasteiger partial charge in [0.15, 0.2) is 11.2 Å². The molecule has 10 heteroatoms. The first-order valence-corrected chi connectivity index (χ1v) is 8.78. The van der Waals surface area contributed by atoms with Crippen LogP contribution in [0.1, 0.15) is 48.8 Å². The number of aromatic amines is 1. The highest BCUT2D eigenvalue weighted by molar-refractivity contribution is 5.86. The molecule has 0 unspecified atom stereocenters. The molecule has 0 amide bonds. The molecule has 0 atom stereocenters. The fraction of sp³-hybridized carbons (Fsp3) is 0.471. The van der Waals surface area contributed by atoms with Crippen LogP contribution in [0.5, 0.6) is 0 Å². The normalized spacial score (nSPS) is 11.2. The van der Waals surface area contributed by atoms with Crippen LogP contribution >= 0.6 is 0 Å². The lowest BCUT2D eigenvalue weighted by Crippen LogP contribution is -2.31. The molecule has 1 N–H and O–H groups in total. The van der Waals surface area contributed by atoms with E-state index < -0.39 is 17.2 Å². The lowest BCUT2D eigenvalue weighted by molar-refractivity contribution is 0.0412. The lowest BCUT2D eigenvalue weighted by Gasteiger charge is -2.06. The molecule has 0 saturated carbocycles. The zero-order valence-electron chi connectivity index (χ0n) is 15.4. The molecule has 3 heterocycles. The van der Waals surface area contributed by atoms with E-state index in [1.54, 1.807) is 11.5 Å². The molecule has 0 aliphatic carbocycles. The number of hydrogen-bond acceptors (Lipinski definition) is 7. The third-order valence-corrected chi connectivity index (χ3v) is 4.18. The molecule has 0 aliphatic rings. The van der Waals surface area contributed by atoms with E-state index in [0.717, 1.165) is 12.8 Å². The summed E-state index contributed by atoms with van der Waals surface area (Å²) in [6, 6.07) is 1.47. The van der Waals surface area contributed by atoms with Crippen molar-refractivity contribution in [1.82, 2.24) is 24.3 Å². The minimum Gasteiger partial charge on any atom is -0.452 e. The van der Waals surface area contributed by atoms with Crippen LogP contribution < -0.4 is 11.2 Å². The highest BCUT2D eigenvalue weighted by Crippen LogP contribution is 2.14. The number of esters is 1. The van der Waals surface area contributed by atoms with Gasteiger partial charge in [0.1, 0.15) is 12.4 Å². The Labute approximate surface area is 153 Å². The molecule has 0 aromatic carbocycles. The predicted octanol–water partition coefficient (Wildman–Crippen LogP) is 1.36. The van der Waals surface area contributed by atoms with Crippen molar-refractivity contribution in [3.63, 3.8) is 0 Å². The Morgan fingerprint density at radius 2 is 2.07 bits per heavy atom. The van der Waals surface area contributed by atoms with Gasteiger partial charge in [-0.25, -0.2) is 14.6 Å². The summed E-state index contributed by atoms with van der Waals surface area (Å²) in [7, 11) is 0. The minimum atomic E-state index is -0.678. The van der Waals surface area contributed by atoms with Gasteiger partial charge in [-0.1, -0.05) is 18.5 Å². The Hall–Kier alpha value is -3.17. The molecule has 0 saturated heterocycles. The number of rotatable bonds is 7. The molecule has 10 nitrogen and oxygen atoms in total. The van der Waals surface area contributed by atoms with Crippen LogP contribution in [0.2, 0.25) is 0 Å². The fourth-order valence-corrected chi connectivity index (χ4v) is 2.85. The first-order chi connectivity index (χ1) is 13.0. The summed E-state index contributed by atoms with van der Waals surface area (Å²) in [4.78, 5) is 43.3. The molecule has 0 fully saturated rings. The monoisotopic (exact) mass is 375 g/mol. The summed E-state index contributed by atoms with van der Waals surface area (Å²) in [5.41, 5.74) is 0.132. The fourth-order valence-electron chi connectivity index (χ4n) is 2.85. The Bertz CT molecular complexity index is 1090. The van der Waals surface area contributed by atoms with Gasteiger partial charge in [-0.15, -0.1) is 0 Å². The van der Waals surface area contributed by atoms with E-state index in [0.29, 0.717) is 30.3 Å². The third kappa shape index (κ3) is 3.55. The first-order valence-electron chi connectivity index (χ1n) is 8.78. The van der Waals surface area contributed by atoms with Gasteiger partial charge in [0.2, 0.25) is 5.76 Å². The number of imidazole rings is 1. The maximum Gasteiger partial charge on any atom is 0.377 e. The number of unbranched alkanes of at least 4 members (excludes halogenated alkanes) is 1. The van der Waals surface area contributed by atoms with Crippen LogP contribution in [0.25, 0.3) is 11.2 Å².